The zero-order chi connectivity index (χ0) is 21.3. The van der Waals surface area contributed by atoms with E-state index in [0.717, 1.165) is 30.9 Å². The molecule has 1 fully saturated rings. The van der Waals surface area contributed by atoms with E-state index in [4.69, 9.17) is 9.47 Å². The molecule has 2 aliphatic heterocycles. The summed E-state index contributed by atoms with van der Waals surface area (Å²) in [5.74, 6) is 0.0415. The van der Waals surface area contributed by atoms with Crippen LogP contribution in [-0.2, 0) is 11.2 Å². The van der Waals surface area contributed by atoms with Crippen LogP contribution in [0.15, 0.2) is 30.3 Å². The Labute approximate surface area is 175 Å². The Kier molecular flexibility index (Phi) is 5.79. The third-order valence-electron chi connectivity index (χ3n) is 5.99. The highest BCUT2D eigenvalue weighted by Gasteiger charge is 2.32. The van der Waals surface area contributed by atoms with Gasteiger partial charge in [0.15, 0.2) is 11.5 Å². The highest BCUT2D eigenvalue weighted by atomic mass is 19.1. The minimum atomic E-state index is -0.602. The Hall–Kier alpha value is -2.83. The summed E-state index contributed by atoms with van der Waals surface area (Å²) in [6.45, 7) is 1.32. The van der Waals surface area contributed by atoms with Gasteiger partial charge in [-0.15, -0.1) is 0 Å². The highest BCUT2D eigenvalue weighted by Crippen LogP contribution is 2.37. The molecule has 30 heavy (non-hydrogen) atoms. The molecule has 2 aromatic carbocycles. The number of hydrogen-bond acceptors (Lipinski definition) is 4. The van der Waals surface area contributed by atoms with E-state index in [1.165, 1.54) is 6.07 Å². The molecule has 0 N–H and O–H groups in total. The first-order chi connectivity index (χ1) is 14.5. The van der Waals surface area contributed by atoms with Crippen molar-refractivity contribution < 1.29 is 23.0 Å². The van der Waals surface area contributed by atoms with E-state index >= 15 is 0 Å². The smallest absolute Gasteiger partial charge is 0.242 e. The molecule has 0 spiro atoms. The first kappa shape index (κ1) is 20.4. The number of rotatable bonds is 5. The molecule has 7 heteroatoms. The van der Waals surface area contributed by atoms with Crippen LogP contribution in [0.5, 0.6) is 11.5 Å². The van der Waals surface area contributed by atoms with Crippen LogP contribution in [0.25, 0.3) is 0 Å². The average Bonchev–Trinajstić information content (AvgIpc) is 3.23. The average molecular weight is 416 g/mol. The normalized spacial score (nSPS) is 18.3. The van der Waals surface area contributed by atoms with Gasteiger partial charge in [0.2, 0.25) is 5.91 Å². The van der Waals surface area contributed by atoms with E-state index in [0.29, 0.717) is 42.3 Å². The first-order valence-corrected chi connectivity index (χ1v) is 10.3. The molecule has 4 rings (SSSR count). The minimum absolute atomic E-state index is 0.0520. The molecule has 2 aromatic rings. The van der Waals surface area contributed by atoms with Crippen molar-refractivity contribution in [3.05, 3.63) is 53.1 Å². The largest absolute Gasteiger partial charge is 0.493 e. The van der Waals surface area contributed by atoms with Gasteiger partial charge in [0, 0.05) is 19.2 Å². The van der Waals surface area contributed by atoms with E-state index in [1.807, 2.05) is 23.1 Å². The van der Waals surface area contributed by atoms with Crippen molar-refractivity contribution in [2.45, 2.75) is 31.7 Å². The summed E-state index contributed by atoms with van der Waals surface area (Å²) < 4.78 is 38.8. The highest BCUT2D eigenvalue weighted by molar-refractivity contribution is 5.83. The first-order valence-electron chi connectivity index (χ1n) is 10.3. The summed E-state index contributed by atoms with van der Waals surface area (Å²) in [6.07, 6.45) is 3.15. The van der Waals surface area contributed by atoms with Crippen LogP contribution in [0.2, 0.25) is 0 Å². The number of nitrogens with zero attached hydrogens (tertiary/aromatic N) is 2. The van der Waals surface area contributed by atoms with Gasteiger partial charge in [-0.2, -0.15) is 0 Å². The number of carbonyl (C=O) groups excluding carboxylic acids is 1. The number of fused-ring (bicyclic) bond motifs is 1. The Morgan fingerprint density at radius 3 is 2.63 bits per heavy atom. The zero-order valence-electron chi connectivity index (χ0n) is 17.3. The molecular formula is C23H26F2N2O3. The number of benzene rings is 2. The molecule has 2 aliphatic rings. The van der Waals surface area contributed by atoms with Gasteiger partial charge in [-0.25, -0.2) is 8.78 Å². The van der Waals surface area contributed by atoms with Gasteiger partial charge in [-0.05, 0) is 55.0 Å². The van der Waals surface area contributed by atoms with Crippen LogP contribution in [0, 0.1) is 11.6 Å². The molecule has 5 nitrogen and oxygen atoms in total. The maximum Gasteiger partial charge on any atom is 0.242 e. The van der Waals surface area contributed by atoms with Crippen LogP contribution >= 0.6 is 0 Å². The standard InChI is InChI=1S/C23H26F2N2O3/c1-29-20-8-7-15(12-21(20)30-2)19-6-4-10-27(19)22(28)14-26-9-3-5-16-11-17(24)13-18(25)23(16)26/h7-8,11-13,19H,3-6,9-10,14H2,1-2H3. The minimum Gasteiger partial charge on any atom is -0.493 e. The number of carbonyl (C=O) groups is 1. The molecule has 0 bridgehead atoms. The number of halogens is 2. The summed E-state index contributed by atoms with van der Waals surface area (Å²) in [5, 5.41) is 0. The van der Waals surface area contributed by atoms with Gasteiger partial charge < -0.3 is 19.3 Å². The van der Waals surface area contributed by atoms with Crippen molar-refractivity contribution in [3.63, 3.8) is 0 Å². The maximum absolute atomic E-state index is 14.5. The van der Waals surface area contributed by atoms with Crippen molar-refractivity contribution >= 4 is 11.6 Å². The van der Waals surface area contributed by atoms with Crippen LogP contribution < -0.4 is 14.4 Å². The maximum atomic E-state index is 14.5. The third kappa shape index (κ3) is 3.80. The van der Waals surface area contributed by atoms with Gasteiger partial charge in [-0.1, -0.05) is 6.07 Å². The molecule has 1 unspecified atom stereocenters. The fraction of sp³-hybridized carbons (Fsp3) is 0.435. The van der Waals surface area contributed by atoms with E-state index < -0.39 is 11.6 Å². The van der Waals surface area contributed by atoms with Gasteiger partial charge >= 0.3 is 0 Å². The van der Waals surface area contributed by atoms with Gasteiger partial charge in [0.1, 0.15) is 11.6 Å². The van der Waals surface area contributed by atoms with Gasteiger partial charge in [0.05, 0.1) is 32.5 Å². The number of hydrogen-bond donors (Lipinski definition) is 0. The van der Waals surface area contributed by atoms with Crippen LogP contribution in [-0.4, -0.2) is 44.7 Å². The van der Waals surface area contributed by atoms with E-state index in [2.05, 4.69) is 0 Å². The molecule has 1 amide bonds. The lowest BCUT2D eigenvalue weighted by Crippen LogP contribution is -2.42. The predicted molar refractivity (Wildman–Crippen MR) is 110 cm³/mol. The van der Waals surface area contributed by atoms with Crippen molar-refractivity contribution in [3.8, 4) is 11.5 Å². The topological polar surface area (TPSA) is 42.0 Å². The third-order valence-corrected chi connectivity index (χ3v) is 5.99. The number of aryl methyl sites for hydroxylation is 1. The van der Waals surface area contributed by atoms with E-state index in [-0.39, 0.29) is 18.5 Å². The predicted octanol–water partition coefficient (Wildman–Crippen LogP) is 4.10. The molecule has 0 aromatic heterocycles. The Balaban J connectivity index is 1.55. The summed E-state index contributed by atoms with van der Waals surface area (Å²) in [6, 6.07) is 7.92. The quantitative estimate of drug-likeness (QED) is 0.736. The lowest BCUT2D eigenvalue weighted by atomic mass is 10.0. The van der Waals surface area contributed by atoms with E-state index in [9.17, 15) is 13.6 Å². The second-order valence-electron chi connectivity index (χ2n) is 7.78. The number of likely N-dealkylation sites (tertiary alicyclic amines) is 1. The molecule has 1 saturated heterocycles. The Morgan fingerprint density at radius 1 is 1.07 bits per heavy atom. The fourth-order valence-electron chi connectivity index (χ4n) is 4.62. The summed E-state index contributed by atoms with van der Waals surface area (Å²) >= 11 is 0. The molecule has 2 heterocycles. The lowest BCUT2D eigenvalue weighted by Gasteiger charge is -2.34. The molecule has 160 valence electrons. The van der Waals surface area contributed by atoms with Gasteiger partial charge in [-0.3, -0.25) is 4.79 Å². The fourth-order valence-corrected chi connectivity index (χ4v) is 4.62. The molecule has 1 atom stereocenters. The summed E-state index contributed by atoms with van der Waals surface area (Å²) in [4.78, 5) is 16.8. The number of amides is 1. The van der Waals surface area contributed by atoms with Crippen molar-refractivity contribution in [2.24, 2.45) is 0 Å². The Morgan fingerprint density at radius 2 is 1.87 bits per heavy atom. The lowest BCUT2D eigenvalue weighted by molar-refractivity contribution is -0.130. The van der Waals surface area contributed by atoms with Crippen LogP contribution in [0.1, 0.15) is 36.4 Å². The number of ether oxygens (including phenoxy) is 2. The van der Waals surface area contributed by atoms with Crippen LogP contribution in [0.3, 0.4) is 0 Å². The number of methoxy groups -OCH3 is 2. The summed E-state index contributed by atoms with van der Waals surface area (Å²) in [5.41, 5.74) is 1.98. The second-order valence-corrected chi connectivity index (χ2v) is 7.78. The van der Waals surface area contributed by atoms with Crippen molar-refractivity contribution in [2.75, 3.05) is 38.8 Å². The SMILES string of the molecule is COc1ccc(C2CCCN2C(=O)CN2CCCc3cc(F)cc(F)c32)cc1OC. The molecule has 0 aliphatic carbocycles. The summed E-state index contributed by atoms with van der Waals surface area (Å²) in [7, 11) is 3.18. The van der Waals surface area contributed by atoms with Crippen molar-refractivity contribution in [1.82, 2.24) is 4.90 Å². The molecular weight excluding hydrogens is 390 g/mol. The molecule has 0 saturated carbocycles. The Bertz CT molecular complexity index is 950. The molecule has 0 radical (unpaired) electrons. The van der Waals surface area contributed by atoms with Crippen molar-refractivity contribution in [1.29, 1.82) is 0 Å². The number of anilines is 1. The monoisotopic (exact) mass is 416 g/mol. The van der Waals surface area contributed by atoms with Gasteiger partial charge in [0.25, 0.3) is 0 Å². The second kappa shape index (κ2) is 8.50. The zero-order valence-corrected chi connectivity index (χ0v) is 17.3. The van der Waals surface area contributed by atoms with E-state index in [1.54, 1.807) is 19.1 Å². The van der Waals surface area contributed by atoms with Crippen LogP contribution in [0.4, 0.5) is 14.5 Å².